The number of nitrogens with one attached hydrogen (secondary N) is 1. The number of pyridine rings is 2. The van der Waals surface area contributed by atoms with E-state index in [0.717, 1.165) is 91.8 Å². The van der Waals surface area contributed by atoms with Crippen LogP contribution in [0.25, 0.3) is 39.5 Å². The first-order valence-electron chi connectivity index (χ1n) is 17.8. The summed E-state index contributed by atoms with van der Waals surface area (Å²) in [4.78, 5) is 41.3. The number of fused-ring (bicyclic) bond motifs is 1. The summed E-state index contributed by atoms with van der Waals surface area (Å²) >= 11 is 0. The Hall–Kier alpha value is -5.35. The van der Waals surface area contributed by atoms with Gasteiger partial charge in [-0.05, 0) is 80.5 Å². The van der Waals surface area contributed by atoms with E-state index in [2.05, 4.69) is 56.2 Å². The maximum absolute atomic E-state index is 12.3. The lowest BCUT2D eigenvalue weighted by Gasteiger charge is -2.33. The molecule has 10 nitrogen and oxygen atoms in total. The molecule has 256 valence electrons. The van der Waals surface area contributed by atoms with Gasteiger partial charge in [-0.1, -0.05) is 56.3 Å². The Balaban J connectivity index is 0.00000193. The van der Waals surface area contributed by atoms with Gasteiger partial charge in [0, 0.05) is 43.1 Å². The van der Waals surface area contributed by atoms with Crippen molar-refractivity contribution < 1.29 is 4.74 Å². The van der Waals surface area contributed by atoms with Crippen molar-refractivity contribution in [3.63, 3.8) is 0 Å². The van der Waals surface area contributed by atoms with E-state index in [4.69, 9.17) is 20.4 Å². The van der Waals surface area contributed by atoms with E-state index in [0.29, 0.717) is 17.3 Å². The molecule has 1 aliphatic heterocycles. The maximum atomic E-state index is 12.3. The number of anilines is 2. The summed E-state index contributed by atoms with van der Waals surface area (Å²) < 4.78 is 7.98. The third-order valence-corrected chi connectivity index (χ3v) is 9.64. The van der Waals surface area contributed by atoms with Gasteiger partial charge >= 0.3 is 0 Å². The molecule has 0 bridgehead atoms. The highest BCUT2D eigenvalue weighted by atomic mass is 16.5. The fraction of sp³-hybridized carbons (Fsp3) is 0.325. The highest BCUT2D eigenvalue weighted by Crippen LogP contribution is 2.32. The van der Waals surface area contributed by atoms with Crippen molar-refractivity contribution >= 4 is 22.7 Å². The molecule has 2 aliphatic rings. The molecule has 3 N–H and O–H groups in total. The van der Waals surface area contributed by atoms with Crippen molar-refractivity contribution in [2.75, 3.05) is 24.1 Å². The minimum atomic E-state index is -0.489. The van der Waals surface area contributed by atoms with Crippen molar-refractivity contribution in [1.82, 2.24) is 24.4 Å². The van der Waals surface area contributed by atoms with Crippen LogP contribution in [0, 0.1) is 0 Å². The molecular weight excluding hydrogens is 626 g/mol. The number of nitrogens with two attached hydrogens (primary N) is 1. The molecule has 1 aliphatic carbocycles. The van der Waals surface area contributed by atoms with Crippen LogP contribution in [0.1, 0.15) is 57.9 Å². The first kappa shape index (κ1) is 33.2. The van der Waals surface area contributed by atoms with Crippen LogP contribution in [0.15, 0.2) is 94.6 Å². The molecule has 0 unspecified atom stereocenters. The molecule has 3 aromatic carbocycles. The van der Waals surface area contributed by atoms with E-state index in [1.807, 2.05) is 56.3 Å². The van der Waals surface area contributed by atoms with Gasteiger partial charge in [0.2, 0.25) is 0 Å². The standard InChI is InChI=1S/C38H37N7O3.C2H6/c39-36-29(11-6-20-40-36)37-43-31-17-16-30(25-7-2-1-3-8-25)42-38(31)45(37)27-14-12-24(13-15-27)23-44-21-18-26(19-22-44)41-32-33(46)34(47)35(32)48-28-9-4-5-10-28;1-2/h1-3,6-8,11-17,20,26,28,41H,4-5,9-10,18-19,21-23H2,(H2,39,40);1-2H3. The number of imidazole rings is 1. The predicted octanol–water partition coefficient (Wildman–Crippen LogP) is 6.75. The van der Waals surface area contributed by atoms with E-state index in [1.54, 1.807) is 6.20 Å². The number of benzene rings is 2. The van der Waals surface area contributed by atoms with Gasteiger partial charge in [-0.25, -0.2) is 15.0 Å². The Labute approximate surface area is 291 Å². The number of piperidine rings is 1. The average molecular weight is 670 g/mol. The van der Waals surface area contributed by atoms with Crippen LogP contribution in [0.3, 0.4) is 0 Å². The Kier molecular flexibility index (Phi) is 9.71. The molecule has 2 fully saturated rings. The molecule has 1 saturated heterocycles. The topological polar surface area (TPSA) is 128 Å². The monoisotopic (exact) mass is 669 g/mol. The lowest BCUT2D eigenvalue weighted by Crippen LogP contribution is -2.43. The molecule has 0 atom stereocenters. The van der Waals surface area contributed by atoms with E-state index >= 15 is 0 Å². The minimum Gasteiger partial charge on any atom is -0.484 e. The van der Waals surface area contributed by atoms with Gasteiger partial charge in [-0.3, -0.25) is 19.1 Å². The van der Waals surface area contributed by atoms with Gasteiger partial charge in [0.25, 0.3) is 10.9 Å². The summed E-state index contributed by atoms with van der Waals surface area (Å²) in [5.74, 6) is 1.35. The summed E-state index contributed by atoms with van der Waals surface area (Å²) in [7, 11) is 0. The van der Waals surface area contributed by atoms with Crippen LogP contribution in [0.2, 0.25) is 0 Å². The SMILES string of the molecule is CC.Nc1ncccc1-c1nc2ccc(-c3ccccc3)nc2n1-c1ccc(CN2CCC(Nc3c(OC4CCCC4)c(=O)c3=O)CC2)cc1. The van der Waals surface area contributed by atoms with Gasteiger partial charge in [0.15, 0.2) is 17.2 Å². The summed E-state index contributed by atoms with van der Waals surface area (Å²) in [6, 6.07) is 26.6. The fourth-order valence-electron chi connectivity index (χ4n) is 6.99. The van der Waals surface area contributed by atoms with E-state index < -0.39 is 10.9 Å². The molecule has 6 aromatic rings. The number of nitrogen functional groups attached to an aromatic ring is 1. The Morgan fingerprint density at radius 2 is 1.58 bits per heavy atom. The minimum absolute atomic E-state index is 0.0534. The van der Waals surface area contributed by atoms with Crippen LogP contribution in [-0.4, -0.2) is 49.7 Å². The Bertz CT molecular complexity index is 2140. The number of rotatable bonds is 9. The third-order valence-electron chi connectivity index (χ3n) is 9.64. The molecule has 10 heteroatoms. The molecule has 8 rings (SSSR count). The molecule has 0 amide bonds. The maximum Gasteiger partial charge on any atom is 0.272 e. The Morgan fingerprint density at radius 1 is 0.840 bits per heavy atom. The predicted molar refractivity (Wildman–Crippen MR) is 199 cm³/mol. The zero-order chi connectivity index (χ0) is 34.6. The number of likely N-dealkylation sites (tertiary alicyclic amines) is 1. The normalized spacial score (nSPS) is 15.6. The van der Waals surface area contributed by atoms with Gasteiger partial charge < -0.3 is 15.8 Å². The quantitative estimate of drug-likeness (QED) is 0.161. The second kappa shape index (κ2) is 14.6. The Morgan fingerprint density at radius 3 is 2.30 bits per heavy atom. The number of ether oxygens (including phenoxy) is 1. The van der Waals surface area contributed by atoms with E-state index in [-0.39, 0.29) is 17.9 Å². The zero-order valence-corrected chi connectivity index (χ0v) is 28.6. The largest absolute Gasteiger partial charge is 0.484 e. The molecule has 0 radical (unpaired) electrons. The number of hydrogen-bond acceptors (Lipinski definition) is 9. The molecule has 1 saturated carbocycles. The van der Waals surface area contributed by atoms with Crippen LogP contribution in [-0.2, 0) is 6.54 Å². The summed E-state index contributed by atoms with van der Waals surface area (Å²) in [6.45, 7) is 6.58. The van der Waals surface area contributed by atoms with Crippen molar-refractivity contribution in [2.45, 2.75) is 71.1 Å². The van der Waals surface area contributed by atoms with Crippen molar-refractivity contribution in [2.24, 2.45) is 0 Å². The highest BCUT2D eigenvalue weighted by Gasteiger charge is 2.30. The lowest BCUT2D eigenvalue weighted by atomic mass is 10.0. The third kappa shape index (κ3) is 6.63. The first-order chi connectivity index (χ1) is 24.5. The van der Waals surface area contributed by atoms with Crippen LogP contribution in [0.5, 0.6) is 5.75 Å². The molecular formula is C40H43N7O3. The van der Waals surface area contributed by atoms with Crippen LogP contribution < -0.4 is 26.6 Å². The van der Waals surface area contributed by atoms with Crippen molar-refractivity contribution in [3.8, 4) is 34.1 Å². The number of aromatic nitrogens is 4. The number of hydrogen-bond donors (Lipinski definition) is 2. The lowest BCUT2D eigenvalue weighted by molar-refractivity contribution is 0.203. The van der Waals surface area contributed by atoms with Crippen molar-refractivity contribution in [1.29, 1.82) is 0 Å². The van der Waals surface area contributed by atoms with Crippen LogP contribution in [0.4, 0.5) is 11.5 Å². The van der Waals surface area contributed by atoms with Gasteiger partial charge in [-0.15, -0.1) is 0 Å². The molecule has 0 spiro atoms. The van der Waals surface area contributed by atoms with E-state index in [9.17, 15) is 9.59 Å². The average Bonchev–Trinajstić information content (AvgIpc) is 3.83. The highest BCUT2D eigenvalue weighted by molar-refractivity contribution is 5.84. The molecule has 3 aromatic heterocycles. The van der Waals surface area contributed by atoms with Gasteiger partial charge in [-0.2, -0.15) is 0 Å². The molecule has 4 heterocycles. The number of nitrogens with zero attached hydrogens (tertiary/aromatic N) is 5. The summed E-state index contributed by atoms with van der Waals surface area (Å²) in [5.41, 5.74) is 12.1. The van der Waals surface area contributed by atoms with E-state index in [1.165, 1.54) is 5.56 Å². The first-order valence-corrected chi connectivity index (χ1v) is 17.8. The smallest absolute Gasteiger partial charge is 0.272 e. The van der Waals surface area contributed by atoms with Crippen molar-refractivity contribution in [3.05, 3.63) is 111 Å². The van der Waals surface area contributed by atoms with Gasteiger partial charge in [0.05, 0.1) is 17.4 Å². The molecule has 50 heavy (non-hydrogen) atoms. The zero-order valence-electron chi connectivity index (χ0n) is 28.6. The van der Waals surface area contributed by atoms with Gasteiger partial charge in [0.1, 0.15) is 17.0 Å². The summed E-state index contributed by atoms with van der Waals surface area (Å²) in [5, 5.41) is 3.35. The summed E-state index contributed by atoms with van der Waals surface area (Å²) in [6.07, 6.45) is 7.61. The second-order valence-corrected chi connectivity index (χ2v) is 12.9. The van der Waals surface area contributed by atoms with Crippen LogP contribution >= 0.6 is 0 Å². The fourth-order valence-corrected chi connectivity index (χ4v) is 6.99. The second-order valence-electron chi connectivity index (χ2n) is 12.9.